The van der Waals surface area contributed by atoms with Crippen LogP contribution in [0.25, 0.3) is 10.8 Å². The standard InChI is InChI=1S/C26H18FN3O4/c27-19-11-13-20(14-12-19)29-24(31)25(32)30-28-16-22-21-9-5-4-6-17(21)10-15-23(22)34-26(33)18-7-2-1-3-8-18/h1-16H,(H,29,31)(H,30,32)/b28-16-. The molecule has 0 aliphatic rings. The molecule has 0 radical (unpaired) electrons. The van der Waals surface area contributed by atoms with E-state index in [1.54, 1.807) is 42.5 Å². The molecule has 0 heterocycles. The lowest BCUT2D eigenvalue weighted by molar-refractivity contribution is -0.136. The van der Waals surface area contributed by atoms with Crippen molar-refractivity contribution in [3.8, 4) is 5.75 Å². The van der Waals surface area contributed by atoms with Gasteiger partial charge in [-0.25, -0.2) is 14.6 Å². The summed E-state index contributed by atoms with van der Waals surface area (Å²) in [7, 11) is 0. The highest BCUT2D eigenvalue weighted by Gasteiger charge is 2.15. The van der Waals surface area contributed by atoms with Gasteiger partial charge in [-0.05, 0) is 53.2 Å². The van der Waals surface area contributed by atoms with E-state index >= 15 is 0 Å². The number of hydrogen-bond donors (Lipinski definition) is 2. The minimum atomic E-state index is -1.02. The van der Waals surface area contributed by atoms with E-state index in [4.69, 9.17) is 4.74 Å². The van der Waals surface area contributed by atoms with Crippen LogP contribution >= 0.6 is 0 Å². The molecule has 0 unspecified atom stereocenters. The maximum absolute atomic E-state index is 13.0. The molecule has 4 aromatic carbocycles. The maximum Gasteiger partial charge on any atom is 0.343 e. The first-order chi connectivity index (χ1) is 16.5. The van der Waals surface area contributed by atoms with Crippen LogP contribution in [0.15, 0.2) is 96.1 Å². The number of nitrogens with zero attached hydrogens (tertiary/aromatic N) is 1. The fourth-order valence-corrected chi connectivity index (χ4v) is 3.16. The molecule has 0 aromatic heterocycles. The average Bonchev–Trinajstić information content (AvgIpc) is 2.86. The summed E-state index contributed by atoms with van der Waals surface area (Å²) in [6, 6.07) is 24.3. The number of carbonyl (C=O) groups is 3. The van der Waals surface area contributed by atoms with E-state index in [0.29, 0.717) is 11.1 Å². The zero-order chi connectivity index (χ0) is 23.9. The number of hydrazone groups is 1. The minimum Gasteiger partial charge on any atom is -0.422 e. The Balaban J connectivity index is 1.53. The summed E-state index contributed by atoms with van der Waals surface area (Å²) in [6.45, 7) is 0. The number of halogens is 1. The van der Waals surface area contributed by atoms with E-state index in [0.717, 1.165) is 22.9 Å². The third kappa shape index (κ3) is 5.31. The molecule has 0 spiro atoms. The molecule has 0 saturated heterocycles. The highest BCUT2D eigenvalue weighted by Crippen LogP contribution is 2.27. The van der Waals surface area contributed by atoms with Crippen molar-refractivity contribution in [1.29, 1.82) is 0 Å². The quantitative estimate of drug-likeness (QED) is 0.154. The molecule has 4 aromatic rings. The molecular weight excluding hydrogens is 437 g/mol. The second-order valence-corrected chi connectivity index (χ2v) is 7.11. The van der Waals surface area contributed by atoms with E-state index in [9.17, 15) is 18.8 Å². The lowest BCUT2D eigenvalue weighted by Crippen LogP contribution is -2.32. The zero-order valence-corrected chi connectivity index (χ0v) is 17.7. The van der Waals surface area contributed by atoms with Gasteiger partial charge in [-0.2, -0.15) is 5.10 Å². The van der Waals surface area contributed by atoms with E-state index in [1.807, 2.05) is 24.3 Å². The van der Waals surface area contributed by atoms with Crippen LogP contribution in [0.1, 0.15) is 15.9 Å². The van der Waals surface area contributed by atoms with Gasteiger partial charge in [0.25, 0.3) is 0 Å². The Morgan fingerprint density at radius 2 is 1.50 bits per heavy atom. The normalized spacial score (nSPS) is 10.7. The first-order valence-electron chi connectivity index (χ1n) is 10.2. The zero-order valence-electron chi connectivity index (χ0n) is 17.7. The van der Waals surface area contributed by atoms with Gasteiger partial charge in [0.1, 0.15) is 11.6 Å². The van der Waals surface area contributed by atoms with Gasteiger partial charge in [0.15, 0.2) is 0 Å². The van der Waals surface area contributed by atoms with E-state index in [-0.39, 0.29) is 11.4 Å². The smallest absolute Gasteiger partial charge is 0.343 e. The van der Waals surface area contributed by atoms with E-state index in [2.05, 4.69) is 15.8 Å². The number of fused-ring (bicyclic) bond motifs is 1. The fraction of sp³-hybridized carbons (Fsp3) is 0. The second-order valence-electron chi connectivity index (χ2n) is 7.11. The van der Waals surface area contributed by atoms with Crippen molar-refractivity contribution < 1.29 is 23.5 Å². The lowest BCUT2D eigenvalue weighted by atomic mass is 10.0. The van der Waals surface area contributed by atoms with Crippen LogP contribution in [0.2, 0.25) is 0 Å². The number of rotatable bonds is 5. The number of benzene rings is 4. The topological polar surface area (TPSA) is 96.9 Å². The van der Waals surface area contributed by atoms with Gasteiger partial charge >= 0.3 is 17.8 Å². The molecule has 0 fully saturated rings. The SMILES string of the molecule is O=C(N/N=C\c1c(OC(=O)c2ccccc2)ccc2ccccc12)C(=O)Nc1ccc(F)cc1. The largest absolute Gasteiger partial charge is 0.422 e. The maximum atomic E-state index is 13.0. The van der Waals surface area contributed by atoms with Crippen molar-refractivity contribution in [3.05, 3.63) is 108 Å². The molecule has 0 saturated carbocycles. The van der Waals surface area contributed by atoms with Crippen LogP contribution in [0, 0.1) is 5.82 Å². The predicted octanol–water partition coefficient (Wildman–Crippen LogP) is 4.29. The summed E-state index contributed by atoms with van der Waals surface area (Å²) in [5.41, 5.74) is 3.23. The molecule has 168 valence electrons. The van der Waals surface area contributed by atoms with Gasteiger partial charge in [0, 0.05) is 11.3 Å². The van der Waals surface area contributed by atoms with Crippen molar-refractivity contribution >= 4 is 40.5 Å². The number of anilines is 1. The van der Waals surface area contributed by atoms with Crippen molar-refractivity contribution in [3.63, 3.8) is 0 Å². The summed E-state index contributed by atoms with van der Waals surface area (Å²) in [4.78, 5) is 36.7. The molecule has 4 rings (SSSR count). The summed E-state index contributed by atoms with van der Waals surface area (Å²) in [5, 5.41) is 7.81. The fourth-order valence-electron chi connectivity index (χ4n) is 3.16. The van der Waals surface area contributed by atoms with E-state index < -0.39 is 23.6 Å². The number of ether oxygens (including phenoxy) is 1. The second kappa shape index (κ2) is 10.2. The van der Waals surface area contributed by atoms with Crippen molar-refractivity contribution in [2.75, 3.05) is 5.32 Å². The number of esters is 1. The molecular formula is C26H18FN3O4. The molecule has 0 bridgehead atoms. The minimum absolute atomic E-state index is 0.237. The van der Waals surface area contributed by atoms with Crippen LogP contribution in [-0.2, 0) is 9.59 Å². The van der Waals surface area contributed by atoms with Crippen LogP contribution in [0.5, 0.6) is 5.75 Å². The van der Waals surface area contributed by atoms with Crippen molar-refractivity contribution in [1.82, 2.24) is 5.43 Å². The highest BCUT2D eigenvalue weighted by atomic mass is 19.1. The Labute approximate surface area is 193 Å². The van der Waals surface area contributed by atoms with Crippen molar-refractivity contribution in [2.24, 2.45) is 5.10 Å². The Kier molecular flexibility index (Phi) is 6.69. The van der Waals surface area contributed by atoms with Gasteiger partial charge in [-0.1, -0.05) is 48.5 Å². The van der Waals surface area contributed by atoms with Gasteiger partial charge in [0.2, 0.25) is 0 Å². The summed E-state index contributed by atoms with van der Waals surface area (Å²) < 4.78 is 18.6. The van der Waals surface area contributed by atoms with Crippen LogP contribution in [0.4, 0.5) is 10.1 Å². The van der Waals surface area contributed by atoms with Gasteiger partial charge < -0.3 is 10.1 Å². The molecule has 2 N–H and O–H groups in total. The summed E-state index contributed by atoms with van der Waals surface area (Å²) in [6.07, 6.45) is 1.30. The average molecular weight is 455 g/mol. The molecule has 34 heavy (non-hydrogen) atoms. The third-order valence-corrected chi connectivity index (χ3v) is 4.81. The molecule has 0 aliphatic heterocycles. The lowest BCUT2D eigenvalue weighted by Gasteiger charge is -2.10. The Bertz CT molecular complexity index is 1390. The highest BCUT2D eigenvalue weighted by molar-refractivity contribution is 6.39. The molecule has 8 heteroatoms. The first-order valence-corrected chi connectivity index (χ1v) is 10.2. The Hall–Kier alpha value is -4.85. The molecule has 7 nitrogen and oxygen atoms in total. The molecule has 0 aliphatic carbocycles. The van der Waals surface area contributed by atoms with Gasteiger partial charge in [-0.3, -0.25) is 9.59 Å². The number of nitrogens with one attached hydrogen (secondary N) is 2. The molecule has 2 amide bonds. The number of carbonyl (C=O) groups excluding carboxylic acids is 3. The van der Waals surface area contributed by atoms with Crippen molar-refractivity contribution in [2.45, 2.75) is 0 Å². The summed E-state index contributed by atoms with van der Waals surface area (Å²) in [5.74, 6) is -2.78. The van der Waals surface area contributed by atoms with Crippen LogP contribution in [-0.4, -0.2) is 24.0 Å². The monoisotopic (exact) mass is 455 g/mol. The first kappa shape index (κ1) is 22.3. The van der Waals surface area contributed by atoms with Gasteiger partial charge in [-0.15, -0.1) is 0 Å². The summed E-state index contributed by atoms with van der Waals surface area (Å²) >= 11 is 0. The van der Waals surface area contributed by atoms with E-state index in [1.165, 1.54) is 18.3 Å². The predicted molar refractivity (Wildman–Crippen MR) is 126 cm³/mol. The number of amides is 2. The van der Waals surface area contributed by atoms with Crippen LogP contribution in [0.3, 0.4) is 0 Å². The number of hydrogen-bond acceptors (Lipinski definition) is 5. The third-order valence-electron chi connectivity index (χ3n) is 4.81. The molecule has 0 atom stereocenters. The van der Waals surface area contributed by atoms with Crippen LogP contribution < -0.4 is 15.5 Å². The Morgan fingerprint density at radius 1 is 0.794 bits per heavy atom. The Morgan fingerprint density at radius 3 is 2.26 bits per heavy atom. The van der Waals surface area contributed by atoms with Gasteiger partial charge in [0.05, 0.1) is 11.8 Å².